The van der Waals surface area contributed by atoms with Crippen molar-refractivity contribution in [1.29, 1.82) is 0 Å². The molecule has 2 aliphatic heterocycles. The summed E-state index contributed by atoms with van der Waals surface area (Å²) in [6, 6.07) is -0.170. The average Bonchev–Trinajstić information content (AvgIpc) is 3.15. The number of fused-ring (bicyclic) bond motifs is 2. The van der Waals surface area contributed by atoms with Crippen LogP contribution >= 0.6 is 0 Å². The zero-order chi connectivity index (χ0) is 15.8. The fraction of sp³-hybridized carbons (Fsp3) is 0.643. The monoisotopic (exact) mass is 296 g/mol. The molecule has 1 fully saturated rings. The van der Waals surface area contributed by atoms with Crippen molar-refractivity contribution in [3.8, 4) is 0 Å². The Morgan fingerprint density at radius 3 is 2.67 bits per heavy atom. The Balaban J connectivity index is 0.000000510. The summed E-state index contributed by atoms with van der Waals surface area (Å²) in [7, 11) is 0. The van der Waals surface area contributed by atoms with Crippen LogP contribution < -0.4 is 0 Å². The number of aromatic nitrogens is 2. The summed E-state index contributed by atoms with van der Waals surface area (Å²) in [6.07, 6.45) is 3.24. The second-order valence-electron chi connectivity index (χ2n) is 3.92. The minimum absolute atomic E-state index is 0.0651. The van der Waals surface area contributed by atoms with Crippen molar-refractivity contribution in [2.75, 3.05) is 19.7 Å². The molecule has 0 saturated carbocycles. The Morgan fingerprint density at radius 2 is 2.10 bits per heavy atom. The van der Waals surface area contributed by atoms with Crippen molar-refractivity contribution in [3.63, 3.8) is 0 Å². The van der Waals surface area contributed by atoms with E-state index in [1.165, 1.54) is 11.5 Å². The van der Waals surface area contributed by atoms with Gasteiger partial charge in [0.1, 0.15) is 0 Å². The molecule has 2 amide bonds. The third-order valence-corrected chi connectivity index (χ3v) is 2.84. The van der Waals surface area contributed by atoms with E-state index in [1.54, 1.807) is 4.90 Å². The Bertz CT molecular complexity index is 459. The van der Waals surface area contributed by atoms with Crippen LogP contribution in [0.15, 0.2) is 17.0 Å². The standard InChI is InChI=1S/C10H12N4O3.2C2H6/c1-2-17-14-8-3-7(9-11-6-16-12-9)4-13(5-8)10(14)15;2*1-2/h3,6,8H,2,4-5H2,1H3;2*1-2H3. The first kappa shape index (κ1) is 17.2. The average molecular weight is 296 g/mol. The molecule has 1 aromatic rings. The highest BCUT2D eigenvalue weighted by Gasteiger charge is 2.41. The van der Waals surface area contributed by atoms with Gasteiger partial charge in [-0.05, 0) is 13.0 Å². The van der Waals surface area contributed by atoms with Gasteiger partial charge in [-0.15, -0.1) is 0 Å². The molecule has 0 radical (unpaired) electrons. The number of urea groups is 1. The molecule has 118 valence electrons. The zero-order valence-electron chi connectivity index (χ0n) is 13.4. The maximum Gasteiger partial charge on any atom is 0.344 e. The first-order valence-electron chi connectivity index (χ1n) is 7.48. The second-order valence-corrected chi connectivity index (χ2v) is 3.92. The van der Waals surface area contributed by atoms with Crippen LogP contribution in [-0.2, 0) is 4.84 Å². The molecule has 2 aliphatic rings. The van der Waals surface area contributed by atoms with Crippen molar-refractivity contribution in [3.05, 3.63) is 18.3 Å². The molecule has 1 aromatic heterocycles. The van der Waals surface area contributed by atoms with E-state index in [0.29, 0.717) is 25.5 Å². The van der Waals surface area contributed by atoms with Gasteiger partial charge in [0.2, 0.25) is 6.39 Å². The highest BCUT2D eigenvalue weighted by atomic mass is 16.7. The van der Waals surface area contributed by atoms with Gasteiger partial charge in [-0.2, -0.15) is 10.0 Å². The van der Waals surface area contributed by atoms with Crippen LogP contribution in [0.2, 0.25) is 0 Å². The van der Waals surface area contributed by atoms with Crippen LogP contribution in [-0.4, -0.2) is 51.9 Å². The van der Waals surface area contributed by atoms with Gasteiger partial charge < -0.3 is 9.42 Å². The van der Waals surface area contributed by atoms with Crippen molar-refractivity contribution < 1.29 is 14.2 Å². The van der Waals surface area contributed by atoms with E-state index < -0.39 is 0 Å². The molecule has 0 aromatic carbocycles. The van der Waals surface area contributed by atoms with Gasteiger partial charge in [0, 0.05) is 12.1 Å². The van der Waals surface area contributed by atoms with Crippen LogP contribution in [0.3, 0.4) is 0 Å². The molecule has 21 heavy (non-hydrogen) atoms. The van der Waals surface area contributed by atoms with Gasteiger partial charge in [-0.25, -0.2) is 4.79 Å². The Kier molecular flexibility index (Phi) is 6.87. The number of hydrogen-bond donors (Lipinski definition) is 0. The third kappa shape index (κ3) is 3.60. The number of carbonyl (C=O) groups excluding carboxylic acids is 1. The number of rotatable bonds is 3. The first-order valence-corrected chi connectivity index (χ1v) is 7.48. The quantitative estimate of drug-likeness (QED) is 0.857. The predicted octanol–water partition coefficient (Wildman–Crippen LogP) is 2.58. The van der Waals surface area contributed by atoms with Crippen LogP contribution in [0.1, 0.15) is 40.4 Å². The van der Waals surface area contributed by atoms with E-state index in [-0.39, 0.29) is 12.1 Å². The lowest BCUT2D eigenvalue weighted by Gasteiger charge is -2.19. The topological polar surface area (TPSA) is 71.7 Å². The maximum absolute atomic E-state index is 11.9. The van der Waals surface area contributed by atoms with Gasteiger partial charge in [0.15, 0.2) is 5.82 Å². The Labute approximate surface area is 125 Å². The summed E-state index contributed by atoms with van der Waals surface area (Å²) in [4.78, 5) is 23.0. The Hall–Kier alpha value is -1.89. The number of amides is 2. The molecular formula is C14H24N4O3. The molecule has 3 heterocycles. The molecule has 7 nitrogen and oxygen atoms in total. The number of nitrogens with zero attached hydrogens (tertiary/aromatic N) is 4. The molecule has 0 N–H and O–H groups in total. The molecule has 3 rings (SSSR count). The van der Waals surface area contributed by atoms with E-state index in [4.69, 9.17) is 9.36 Å². The zero-order valence-corrected chi connectivity index (χ0v) is 13.4. The van der Waals surface area contributed by atoms with Gasteiger partial charge in [0.05, 0.1) is 19.2 Å². The second kappa shape index (κ2) is 8.41. The summed E-state index contributed by atoms with van der Waals surface area (Å²) in [6.45, 7) is 11.5. The predicted molar refractivity (Wildman–Crippen MR) is 79.2 cm³/mol. The SMILES string of the molecule is CC.CC.CCON1C(=O)N2CC(c3ncon3)=CC1C2. The summed E-state index contributed by atoms with van der Waals surface area (Å²) in [5, 5.41) is 5.19. The normalized spacial score (nSPS) is 19.4. The van der Waals surface area contributed by atoms with Crippen molar-refractivity contribution in [2.45, 2.75) is 40.7 Å². The third-order valence-electron chi connectivity index (χ3n) is 2.84. The molecule has 0 spiro atoms. The van der Waals surface area contributed by atoms with E-state index in [9.17, 15) is 4.79 Å². The molecule has 1 unspecified atom stereocenters. The highest BCUT2D eigenvalue weighted by molar-refractivity contribution is 5.81. The molecule has 7 heteroatoms. The van der Waals surface area contributed by atoms with E-state index >= 15 is 0 Å². The van der Waals surface area contributed by atoms with Crippen molar-refractivity contribution >= 4 is 11.6 Å². The molecule has 2 bridgehead atoms. The van der Waals surface area contributed by atoms with Gasteiger partial charge in [-0.3, -0.25) is 4.84 Å². The molecular weight excluding hydrogens is 272 g/mol. The van der Waals surface area contributed by atoms with Crippen LogP contribution in [0.25, 0.3) is 5.57 Å². The summed E-state index contributed by atoms with van der Waals surface area (Å²) < 4.78 is 4.71. The van der Waals surface area contributed by atoms with Crippen LogP contribution in [0.5, 0.6) is 0 Å². The largest absolute Gasteiger partial charge is 0.344 e. The minimum atomic E-state index is -0.105. The summed E-state index contributed by atoms with van der Waals surface area (Å²) >= 11 is 0. The van der Waals surface area contributed by atoms with Gasteiger partial charge >= 0.3 is 6.03 Å². The lowest BCUT2D eigenvalue weighted by atomic mass is 10.1. The number of carbonyl (C=O) groups is 1. The maximum atomic E-state index is 11.9. The fourth-order valence-electron chi connectivity index (χ4n) is 2.15. The van der Waals surface area contributed by atoms with E-state index in [1.807, 2.05) is 40.7 Å². The molecule has 1 atom stereocenters. The van der Waals surface area contributed by atoms with Crippen molar-refractivity contribution in [1.82, 2.24) is 20.1 Å². The van der Waals surface area contributed by atoms with Crippen LogP contribution in [0, 0.1) is 0 Å². The van der Waals surface area contributed by atoms with Gasteiger partial charge in [0.25, 0.3) is 0 Å². The van der Waals surface area contributed by atoms with Crippen molar-refractivity contribution in [2.24, 2.45) is 0 Å². The van der Waals surface area contributed by atoms with E-state index in [0.717, 1.165) is 5.57 Å². The highest BCUT2D eigenvalue weighted by Crippen LogP contribution is 2.27. The first-order chi connectivity index (χ1) is 10.3. The lowest BCUT2D eigenvalue weighted by molar-refractivity contribution is -0.114. The van der Waals surface area contributed by atoms with E-state index in [2.05, 4.69) is 10.1 Å². The number of hydroxylamine groups is 2. The lowest BCUT2D eigenvalue weighted by Crippen LogP contribution is -2.32. The minimum Gasteiger partial charge on any atom is -0.342 e. The fourth-order valence-corrected chi connectivity index (χ4v) is 2.15. The van der Waals surface area contributed by atoms with Crippen LogP contribution in [0.4, 0.5) is 4.79 Å². The summed E-state index contributed by atoms with van der Waals surface area (Å²) in [5.74, 6) is 0.533. The Morgan fingerprint density at radius 1 is 1.38 bits per heavy atom. The number of hydrogen-bond acceptors (Lipinski definition) is 5. The summed E-state index contributed by atoms with van der Waals surface area (Å²) in [5.41, 5.74) is 0.894. The molecule has 1 saturated heterocycles. The molecule has 0 aliphatic carbocycles. The smallest absolute Gasteiger partial charge is 0.342 e. The van der Waals surface area contributed by atoms with Gasteiger partial charge in [-0.1, -0.05) is 32.9 Å².